The second kappa shape index (κ2) is 22.6. The second-order valence-corrected chi connectivity index (χ2v) is 11.0. The molecule has 1 unspecified atom stereocenters. The van der Waals surface area contributed by atoms with Crippen LogP contribution in [0.15, 0.2) is 59.6 Å². The number of hydrogen-bond acceptors (Lipinski definition) is 6. The van der Waals surface area contributed by atoms with Crippen molar-refractivity contribution in [3.05, 3.63) is 60.2 Å². The SMILES string of the molecule is C=CC=C(C)C.CC.CCC.CCOP(=O)(CCC1(C)NC(=O)N(OCCc2ccccc2)C1=NC)OCC. The van der Waals surface area contributed by atoms with Gasteiger partial charge in [-0.3, -0.25) is 14.4 Å². The maximum absolute atomic E-state index is 12.8. The molecule has 1 N–H and O–H groups in total. The summed E-state index contributed by atoms with van der Waals surface area (Å²) < 4.78 is 23.5. The quantitative estimate of drug-likeness (QED) is 0.203. The smallest absolute Gasteiger partial charge is 0.323 e. The number of rotatable bonds is 12. The Morgan fingerprint density at radius 2 is 1.64 bits per heavy atom. The van der Waals surface area contributed by atoms with E-state index >= 15 is 0 Å². The normalized spacial score (nSPS) is 17.0. The highest BCUT2D eigenvalue weighted by molar-refractivity contribution is 7.53. The summed E-state index contributed by atoms with van der Waals surface area (Å²) in [4.78, 5) is 22.4. The second-order valence-electron chi connectivity index (χ2n) is 8.78. The van der Waals surface area contributed by atoms with Crippen LogP contribution in [-0.2, 0) is 24.9 Å². The molecule has 0 spiro atoms. The number of urea groups is 1. The van der Waals surface area contributed by atoms with Crippen molar-refractivity contribution in [3.8, 4) is 0 Å². The van der Waals surface area contributed by atoms with Gasteiger partial charge >= 0.3 is 13.6 Å². The minimum absolute atomic E-state index is 0.169. The Kier molecular flexibility index (Phi) is 22.5. The summed E-state index contributed by atoms with van der Waals surface area (Å²) in [6, 6.07) is 9.50. The summed E-state index contributed by atoms with van der Waals surface area (Å²) in [5.41, 5.74) is 1.60. The van der Waals surface area contributed by atoms with Crippen LogP contribution in [0.1, 0.15) is 80.7 Å². The zero-order valence-corrected chi connectivity index (χ0v) is 27.0. The van der Waals surface area contributed by atoms with Crippen LogP contribution in [0.2, 0.25) is 0 Å². The van der Waals surface area contributed by atoms with E-state index in [-0.39, 0.29) is 12.2 Å². The number of aliphatic imine (C=N–C) groups is 1. The summed E-state index contributed by atoms with van der Waals surface area (Å²) in [6.07, 6.45) is 6.20. The van der Waals surface area contributed by atoms with Crippen LogP contribution in [0.5, 0.6) is 0 Å². The van der Waals surface area contributed by atoms with E-state index in [2.05, 4.69) is 30.7 Å². The van der Waals surface area contributed by atoms with Crippen LogP contribution in [0.4, 0.5) is 4.79 Å². The molecule has 0 saturated carbocycles. The summed E-state index contributed by atoms with van der Waals surface area (Å²) in [7, 11) is -1.61. The fraction of sp³-hybridized carbons (Fsp3) is 0.600. The van der Waals surface area contributed by atoms with Crippen molar-refractivity contribution < 1.29 is 23.2 Å². The van der Waals surface area contributed by atoms with E-state index in [4.69, 9.17) is 13.9 Å². The number of nitrogens with one attached hydrogen (secondary N) is 1. The number of carbonyl (C=O) groups is 1. The number of amidine groups is 1. The first kappa shape index (κ1) is 38.9. The molecule has 39 heavy (non-hydrogen) atoms. The van der Waals surface area contributed by atoms with Gasteiger partial charge in [-0.1, -0.05) is 88.8 Å². The van der Waals surface area contributed by atoms with Gasteiger partial charge in [-0.25, -0.2) is 4.79 Å². The van der Waals surface area contributed by atoms with Crippen LogP contribution in [0.3, 0.4) is 0 Å². The predicted molar refractivity (Wildman–Crippen MR) is 166 cm³/mol. The summed E-state index contributed by atoms with van der Waals surface area (Å²) >= 11 is 0. The maximum Gasteiger partial charge on any atom is 0.348 e. The molecular formula is C30H54N3O5P. The Labute approximate surface area is 238 Å². The van der Waals surface area contributed by atoms with Gasteiger partial charge in [0.25, 0.3) is 0 Å². The highest BCUT2D eigenvalue weighted by Gasteiger charge is 2.47. The maximum atomic E-state index is 12.8. The Morgan fingerprint density at radius 3 is 2.05 bits per heavy atom. The molecule has 1 aromatic carbocycles. The molecule has 0 aromatic heterocycles. The number of hydrogen-bond donors (Lipinski definition) is 1. The molecule has 1 aromatic rings. The Balaban J connectivity index is 0. The largest absolute Gasteiger partial charge is 0.348 e. The fourth-order valence-electron chi connectivity index (χ4n) is 3.35. The molecular weight excluding hydrogens is 513 g/mol. The minimum atomic E-state index is -3.22. The molecule has 2 rings (SSSR count). The third-order valence-corrected chi connectivity index (χ3v) is 6.98. The standard InChI is InChI=1S/C19H30N3O5P.C6H10.C3H8.C2H6/c1-5-26-28(24,27-6-2)15-13-19(3)17(20-4)22(18(23)21-19)25-14-12-16-10-8-7-9-11-16;1-4-5-6(2)3;1-3-2;1-2/h7-11H,5-6,12-15H2,1-4H3,(H,21,23);4-5H,1H2,2-3H3;3H2,1-2H3;1-2H3. The van der Waals surface area contributed by atoms with Gasteiger partial charge in [-0.2, -0.15) is 5.06 Å². The van der Waals surface area contributed by atoms with Gasteiger partial charge in [-0.05, 0) is 53.0 Å². The molecule has 0 bridgehead atoms. The number of amides is 2. The summed E-state index contributed by atoms with van der Waals surface area (Å²) in [6.45, 7) is 22.2. The van der Waals surface area contributed by atoms with E-state index in [0.717, 1.165) is 5.56 Å². The van der Waals surface area contributed by atoms with Crippen LogP contribution in [0.25, 0.3) is 0 Å². The number of nitrogens with zero attached hydrogens (tertiary/aromatic N) is 2. The van der Waals surface area contributed by atoms with E-state index in [1.807, 2.05) is 71.0 Å². The van der Waals surface area contributed by atoms with Gasteiger partial charge in [0.2, 0.25) is 0 Å². The molecule has 1 aliphatic rings. The van der Waals surface area contributed by atoms with Crippen molar-refractivity contribution in [2.45, 2.75) is 87.1 Å². The number of carbonyl (C=O) groups excluding carboxylic acids is 1. The van der Waals surface area contributed by atoms with E-state index < -0.39 is 13.1 Å². The Hall–Kier alpha value is -2.25. The first-order chi connectivity index (χ1) is 18.6. The molecule has 0 radical (unpaired) electrons. The topological polar surface area (TPSA) is 89.5 Å². The lowest BCUT2D eigenvalue weighted by molar-refractivity contribution is -0.0548. The predicted octanol–water partition coefficient (Wildman–Crippen LogP) is 8.21. The van der Waals surface area contributed by atoms with Gasteiger partial charge in [0.15, 0.2) is 5.84 Å². The molecule has 224 valence electrons. The third kappa shape index (κ3) is 15.8. The van der Waals surface area contributed by atoms with Gasteiger partial charge in [0, 0.05) is 7.05 Å². The van der Waals surface area contributed by atoms with Gasteiger partial charge in [-0.15, -0.1) is 0 Å². The number of allylic oxidation sites excluding steroid dienone is 3. The molecule has 9 heteroatoms. The first-order valence-electron chi connectivity index (χ1n) is 14.0. The molecule has 1 aliphatic heterocycles. The summed E-state index contributed by atoms with van der Waals surface area (Å²) in [5, 5.41) is 4.08. The Morgan fingerprint density at radius 1 is 1.10 bits per heavy atom. The first-order valence-corrected chi connectivity index (χ1v) is 15.7. The Bertz CT molecular complexity index is 891. The van der Waals surface area contributed by atoms with Crippen LogP contribution in [0, 0.1) is 0 Å². The van der Waals surface area contributed by atoms with Crippen molar-refractivity contribution in [2.75, 3.05) is 33.0 Å². The van der Waals surface area contributed by atoms with E-state index in [9.17, 15) is 9.36 Å². The van der Waals surface area contributed by atoms with Gasteiger partial charge < -0.3 is 14.4 Å². The van der Waals surface area contributed by atoms with Crippen molar-refractivity contribution in [2.24, 2.45) is 4.99 Å². The highest BCUT2D eigenvalue weighted by Crippen LogP contribution is 2.49. The van der Waals surface area contributed by atoms with Gasteiger partial charge in [0.05, 0.1) is 31.5 Å². The minimum Gasteiger partial charge on any atom is -0.323 e. The number of hydroxylamine groups is 2. The lowest BCUT2D eigenvalue weighted by Gasteiger charge is -2.26. The van der Waals surface area contributed by atoms with E-state index in [1.54, 1.807) is 27.0 Å². The molecule has 1 heterocycles. The fourth-order valence-corrected chi connectivity index (χ4v) is 5.19. The van der Waals surface area contributed by atoms with Crippen molar-refractivity contribution >= 4 is 19.5 Å². The zero-order chi connectivity index (χ0) is 30.3. The summed E-state index contributed by atoms with van der Waals surface area (Å²) in [5.74, 6) is 0.449. The molecule has 8 nitrogen and oxygen atoms in total. The van der Waals surface area contributed by atoms with Crippen molar-refractivity contribution in [1.82, 2.24) is 10.4 Å². The molecule has 0 aliphatic carbocycles. The average molecular weight is 568 g/mol. The lowest BCUT2D eigenvalue weighted by atomic mass is 9.99. The molecule has 2 amide bonds. The van der Waals surface area contributed by atoms with E-state index in [0.29, 0.717) is 38.5 Å². The van der Waals surface area contributed by atoms with Crippen LogP contribution < -0.4 is 5.32 Å². The highest BCUT2D eigenvalue weighted by atomic mass is 31.2. The third-order valence-electron chi connectivity index (χ3n) is 4.91. The van der Waals surface area contributed by atoms with Crippen molar-refractivity contribution in [1.29, 1.82) is 0 Å². The monoisotopic (exact) mass is 567 g/mol. The number of benzene rings is 1. The average Bonchev–Trinajstić information content (AvgIpc) is 3.14. The van der Waals surface area contributed by atoms with Crippen LogP contribution >= 0.6 is 7.60 Å². The molecule has 1 fully saturated rings. The lowest BCUT2D eigenvalue weighted by Crippen LogP contribution is -2.45. The molecule has 1 saturated heterocycles. The van der Waals surface area contributed by atoms with Crippen molar-refractivity contribution in [3.63, 3.8) is 0 Å². The zero-order valence-electron chi connectivity index (χ0n) is 26.1. The van der Waals surface area contributed by atoms with E-state index in [1.165, 1.54) is 17.1 Å². The van der Waals surface area contributed by atoms with Crippen LogP contribution in [-0.4, -0.2) is 55.5 Å². The van der Waals surface area contributed by atoms with Gasteiger partial charge in [0.1, 0.15) is 0 Å². The molecule has 1 atom stereocenters.